The maximum atomic E-state index is 10.8. The summed E-state index contributed by atoms with van der Waals surface area (Å²) >= 11 is 0. The number of aromatic carboxylic acids is 1. The van der Waals surface area contributed by atoms with E-state index in [1.54, 1.807) is 0 Å². The van der Waals surface area contributed by atoms with Gasteiger partial charge in [-0.2, -0.15) is 0 Å². The molecule has 16 heavy (non-hydrogen) atoms. The molecule has 1 rings (SSSR count). The maximum Gasteiger partial charge on any atom is 0.339 e. The van der Waals surface area contributed by atoms with Crippen molar-refractivity contribution in [3.8, 4) is 5.75 Å². The van der Waals surface area contributed by atoms with Crippen molar-refractivity contribution < 1.29 is 24.5 Å². The van der Waals surface area contributed by atoms with Gasteiger partial charge in [-0.05, 0) is 6.07 Å². The number of carboxylic acid groups (broad SMARTS) is 1. The number of pyridine rings is 1. The average Bonchev–Trinajstić information content (AvgIpc) is 2.27. The van der Waals surface area contributed by atoms with E-state index in [-0.39, 0.29) is 24.5 Å². The molecule has 0 bridgehead atoms. The maximum absolute atomic E-state index is 10.8. The summed E-state index contributed by atoms with van der Waals surface area (Å²) in [4.78, 5) is 14.5. The monoisotopic (exact) mass is 227 g/mol. The number of methoxy groups -OCH3 is 1. The van der Waals surface area contributed by atoms with Gasteiger partial charge in [0.25, 0.3) is 0 Å². The Labute approximate surface area is 92.5 Å². The van der Waals surface area contributed by atoms with Crippen molar-refractivity contribution in [3.05, 3.63) is 24.0 Å². The standard InChI is InChI=1S/C10H13NO5/c1-15-5-7(12)6-16-9-4-11-3-2-8(9)10(13)14/h2-4,7,12H,5-6H2,1H3,(H,13,14). The van der Waals surface area contributed by atoms with Crippen LogP contribution in [0.2, 0.25) is 0 Å². The van der Waals surface area contributed by atoms with E-state index in [0.717, 1.165) is 0 Å². The third kappa shape index (κ3) is 3.48. The zero-order valence-electron chi connectivity index (χ0n) is 8.79. The predicted molar refractivity (Wildman–Crippen MR) is 54.6 cm³/mol. The van der Waals surface area contributed by atoms with Crippen LogP contribution in [0.25, 0.3) is 0 Å². The number of aliphatic hydroxyl groups excluding tert-OH is 1. The van der Waals surface area contributed by atoms with Gasteiger partial charge in [0.05, 0.1) is 12.8 Å². The number of carbonyl (C=O) groups is 1. The van der Waals surface area contributed by atoms with E-state index in [1.807, 2.05) is 0 Å². The van der Waals surface area contributed by atoms with Crippen LogP contribution in [0.4, 0.5) is 0 Å². The van der Waals surface area contributed by atoms with Crippen molar-refractivity contribution in [1.82, 2.24) is 4.98 Å². The number of carboxylic acids is 1. The zero-order valence-corrected chi connectivity index (χ0v) is 8.79. The van der Waals surface area contributed by atoms with Crippen molar-refractivity contribution in [3.63, 3.8) is 0 Å². The lowest BCUT2D eigenvalue weighted by molar-refractivity contribution is 0.0318. The molecule has 0 aliphatic rings. The molecule has 1 aromatic heterocycles. The molecule has 0 fully saturated rings. The Morgan fingerprint density at radius 3 is 2.94 bits per heavy atom. The molecule has 2 N–H and O–H groups in total. The number of hydrogen-bond donors (Lipinski definition) is 2. The topological polar surface area (TPSA) is 88.9 Å². The van der Waals surface area contributed by atoms with Crippen LogP contribution in [0.3, 0.4) is 0 Å². The van der Waals surface area contributed by atoms with E-state index >= 15 is 0 Å². The van der Waals surface area contributed by atoms with Crippen molar-refractivity contribution in [2.24, 2.45) is 0 Å². The molecule has 6 heteroatoms. The Balaban J connectivity index is 2.63. The number of aromatic nitrogens is 1. The highest BCUT2D eigenvalue weighted by atomic mass is 16.5. The van der Waals surface area contributed by atoms with E-state index in [0.29, 0.717) is 0 Å². The van der Waals surface area contributed by atoms with Crippen molar-refractivity contribution in [2.75, 3.05) is 20.3 Å². The Morgan fingerprint density at radius 2 is 2.31 bits per heavy atom. The van der Waals surface area contributed by atoms with Gasteiger partial charge in [0.15, 0.2) is 5.75 Å². The lowest BCUT2D eigenvalue weighted by atomic mass is 10.2. The van der Waals surface area contributed by atoms with Crippen LogP contribution in [0, 0.1) is 0 Å². The molecule has 1 heterocycles. The lowest BCUT2D eigenvalue weighted by Gasteiger charge is -2.12. The van der Waals surface area contributed by atoms with Gasteiger partial charge < -0.3 is 19.7 Å². The van der Waals surface area contributed by atoms with E-state index in [4.69, 9.17) is 14.6 Å². The number of hydrogen-bond acceptors (Lipinski definition) is 5. The molecule has 0 spiro atoms. The Bertz CT molecular complexity index is 355. The third-order valence-corrected chi connectivity index (χ3v) is 1.81. The van der Waals surface area contributed by atoms with Gasteiger partial charge in [-0.25, -0.2) is 4.79 Å². The number of rotatable bonds is 6. The van der Waals surface area contributed by atoms with E-state index in [2.05, 4.69) is 4.98 Å². The van der Waals surface area contributed by atoms with Crippen LogP contribution < -0.4 is 4.74 Å². The second-order valence-corrected chi connectivity index (χ2v) is 3.10. The fraction of sp³-hybridized carbons (Fsp3) is 0.400. The second-order valence-electron chi connectivity index (χ2n) is 3.10. The van der Waals surface area contributed by atoms with Crippen molar-refractivity contribution in [1.29, 1.82) is 0 Å². The molecule has 1 atom stereocenters. The normalized spacial score (nSPS) is 12.1. The van der Waals surface area contributed by atoms with Crippen LogP contribution in [0.15, 0.2) is 18.5 Å². The first kappa shape index (κ1) is 12.4. The summed E-state index contributed by atoms with van der Waals surface area (Å²) < 4.78 is 9.85. The van der Waals surface area contributed by atoms with Crippen LogP contribution in [0.1, 0.15) is 10.4 Å². The van der Waals surface area contributed by atoms with Gasteiger partial charge >= 0.3 is 5.97 Å². The molecule has 0 saturated carbocycles. The van der Waals surface area contributed by atoms with Crippen LogP contribution in [0.5, 0.6) is 5.75 Å². The largest absolute Gasteiger partial charge is 0.488 e. The van der Waals surface area contributed by atoms with Gasteiger partial charge in [-0.1, -0.05) is 0 Å². The molecule has 0 aliphatic heterocycles. The summed E-state index contributed by atoms with van der Waals surface area (Å²) in [5.74, 6) is -0.969. The molecule has 0 aliphatic carbocycles. The van der Waals surface area contributed by atoms with E-state index < -0.39 is 12.1 Å². The minimum absolute atomic E-state index is 0.0135. The molecule has 0 amide bonds. The van der Waals surface area contributed by atoms with Gasteiger partial charge in [0.2, 0.25) is 0 Å². The summed E-state index contributed by atoms with van der Waals surface area (Å²) in [6.07, 6.45) is 1.86. The predicted octanol–water partition coefficient (Wildman–Crippen LogP) is 0.166. The molecule has 0 aromatic carbocycles. The second kappa shape index (κ2) is 6.04. The van der Waals surface area contributed by atoms with Gasteiger partial charge in [0.1, 0.15) is 18.3 Å². The Kier molecular flexibility index (Phi) is 4.68. The summed E-state index contributed by atoms with van der Waals surface area (Å²) in [5.41, 5.74) is 0.0135. The highest BCUT2D eigenvalue weighted by Crippen LogP contribution is 2.16. The number of aliphatic hydroxyl groups is 1. The fourth-order valence-electron chi connectivity index (χ4n) is 1.10. The van der Waals surface area contributed by atoms with Crippen LogP contribution in [-0.4, -0.2) is 47.6 Å². The molecule has 1 aromatic rings. The highest BCUT2D eigenvalue weighted by molar-refractivity contribution is 5.90. The molecular formula is C10H13NO5. The Hall–Kier alpha value is -1.66. The first-order valence-corrected chi connectivity index (χ1v) is 4.62. The molecule has 0 saturated heterocycles. The zero-order chi connectivity index (χ0) is 12.0. The van der Waals surface area contributed by atoms with Gasteiger partial charge in [-0.3, -0.25) is 4.98 Å². The molecule has 88 valence electrons. The summed E-state index contributed by atoms with van der Waals surface area (Å²) in [6, 6.07) is 1.33. The lowest BCUT2D eigenvalue weighted by Crippen LogP contribution is -2.23. The van der Waals surface area contributed by atoms with Crippen molar-refractivity contribution >= 4 is 5.97 Å². The average molecular weight is 227 g/mol. The van der Waals surface area contributed by atoms with Crippen LogP contribution >= 0.6 is 0 Å². The highest BCUT2D eigenvalue weighted by Gasteiger charge is 2.12. The first-order chi connectivity index (χ1) is 7.65. The summed E-state index contributed by atoms with van der Waals surface area (Å²) in [5, 5.41) is 18.2. The smallest absolute Gasteiger partial charge is 0.339 e. The third-order valence-electron chi connectivity index (χ3n) is 1.81. The quantitative estimate of drug-likeness (QED) is 0.720. The van der Waals surface area contributed by atoms with Gasteiger partial charge in [-0.15, -0.1) is 0 Å². The minimum Gasteiger partial charge on any atom is -0.488 e. The van der Waals surface area contributed by atoms with Crippen molar-refractivity contribution in [2.45, 2.75) is 6.10 Å². The summed E-state index contributed by atoms with van der Waals surface area (Å²) in [7, 11) is 1.45. The molecule has 6 nitrogen and oxygen atoms in total. The number of nitrogens with zero attached hydrogens (tertiary/aromatic N) is 1. The van der Waals surface area contributed by atoms with Gasteiger partial charge in [0, 0.05) is 13.3 Å². The molecule has 1 unspecified atom stereocenters. The Morgan fingerprint density at radius 1 is 1.56 bits per heavy atom. The minimum atomic E-state index is -1.10. The molecular weight excluding hydrogens is 214 g/mol. The van der Waals surface area contributed by atoms with Crippen LogP contribution in [-0.2, 0) is 4.74 Å². The first-order valence-electron chi connectivity index (χ1n) is 4.62. The SMILES string of the molecule is COCC(O)COc1cnccc1C(=O)O. The molecule has 0 radical (unpaired) electrons. The summed E-state index contributed by atoms with van der Waals surface area (Å²) in [6.45, 7) is 0.0858. The number of ether oxygens (including phenoxy) is 2. The van der Waals surface area contributed by atoms with E-state index in [1.165, 1.54) is 25.6 Å². The van der Waals surface area contributed by atoms with E-state index in [9.17, 15) is 9.90 Å². The fourth-order valence-corrected chi connectivity index (χ4v) is 1.10.